The minimum atomic E-state index is -2.92. The Hall–Kier alpha value is -0.693. The summed E-state index contributed by atoms with van der Waals surface area (Å²) in [6, 6.07) is 0. The summed E-state index contributed by atoms with van der Waals surface area (Å²) in [7, 11) is -2.92. The van der Waals surface area contributed by atoms with Crippen LogP contribution in [0, 0.1) is 0 Å². The molecule has 0 rings (SSSR count). The van der Waals surface area contributed by atoms with Crippen LogP contribution in [0.5, 0.6) is 0 Å². The van der Waals surface area contributed by atoms with Gasteiger partial charge < -0.3 is 18.4 Å². The van der Waals surface area contributed by atoms with Gasteiger partial charge in [-0.1, -0.05) is 0 Å². The molecule has 15 heavy (non-hydrogen) atoms. The number of hydrogen-bond donors (Lipinski definition) is 1. The molecule has 0 atom stereocenters. The molecule has 88 valence electrons. The zero-order chi connectivity index (χ0) is 11.7. The van der Waals surface area contributed by atoms with Gasteiger partial charge in [0.25, 0.3) is 0 Å². The normalized spacial score (nSPS) is 12.2. The summed E-state index contributed by atoms with van der Waals surface area (Å²) >= 11 is 0. The van der Waals surface area contributed by atoms with Crippen LogP contribution in [0.4, 0.5) is 0 Å². The van der Waals surface area contributed by atoms with Gasteiger partial charge in [-0.3, -0.25) is 0 Å². The molecule has 0 heterocycles. The molecule has 0 aromatic carbocycles. The van der Waals surface area contributed by atoms with E-state index in [1.165, 1.54) is 5.70 Å². The zero-order valence-electron chi connectivity index (χ0n) is 9.36. The summed E-state index contributed by atoms with van der Waals surface area (Å²) < 4.78 is 16.2. The third-order valence-corrected chi connectivity index (χ3v) is 4.11. The van der Waals surface area contributed by atoms with Crippen LogP contribution >= 0.6 is 0 Å². The quantitative estimate of drug-likeness (QED) is 0.505. The molecule has 0 spiro atoms. The second kappa shape index (κ2) is 7.58. The first-order chi connectivity index (χ1) is 7.10. The molecule has 6 heteroatoms. The number of carbonyl (C=O) groups is 1. The molecule has 0 saturated carbocycles. The predicted octanol–water partition coefficient (Wildman–Crippen LogP) is 1.21. The van der Waals surface area contributed by atoms with Gasteiger partial charge >= 0.3 is 14.8 Å². The van der Waals surface area contributed by atoms with Crippen molar-refractivity contribution in [3.8, 4) is 0 Å². The Kier molecular flexibility index (Phi) is 7.23. The van der Waals surface area contributed by atoms with Crippen LogP contribution in [0.15, 0.2) is 11.8 Å². The number of aliphatic carboxylic acids is 1. The standard InChI is InChI=1S/C9H18O5Si/c1-4-12-15(13-5-2,14-6-3)8-7-9(10)11/h7-8H,4-6H2,1-3H3,(H,10,11). The molecule has 0 bridgehead atoms. The van der Waals surface area contributed by atoms with E-state index in [0.717, 1.165) is 6.08 Å². The SMILES string of the molecule is CCO[Si](C=CC(=O)O)(OCC)OCC. The van der Waals surface area contributed by atoms with Crippen LogP contribution in [0.1, 0.15) is 20.8 Å². The smallest absolute Gasteiger partial charge is 0.478 e. The minimum absolute atomic E-state index is 0.427. The summed E-state index contributed by atoms with van der Waals surface area (Å²) in [6.45, 7) is 6.72. The van der Waals surface area contributed by atoms with Crippen LogP contribution < -0.4 is 0 Å². The van der Waals surface area contributed by atoms with E-state index >= 15 is 0 Å². The van der Waals surface area contributed by atoms with Gasteiger partial charge in [-0.05, 0) is 26.5 Å². The molecule has 0 unspecified atom stereocenters. The molecular weight excluding hydrogens is 216 g/mol. The van der Waals surface area contributed by atoms with Crippen LogP contribution in [-0.4, -0.2) is 39.7 Å². The van der Waals surface area contributed by atoms with Gasteiger partial charge in [0.1, 0.15) is 0 Å². The highest BCUT2D eigenvalue weighted by molar-refractivity contribution is 6.66. The van der Waals surface area contributed by atoms with Crippen LogP contribution in [0.25, 0.3) is 0 Å². The lowest BCUT2D eigenvalue weighted by molar-refractivity contribution is -0.131. The Morgan fingerprint density at radius 2 is 1.53 bits per heavy atom. The minimum Gasteiger partial charge on any atom is -0.478 e. The van der Waals surface area contributed by atoms with Crippen LogP contribution in [-0.2, 0) is 18.1 Å². The largest absolute Gasteiger partial charge is 0.529 e. The van der Waals surface area contributed by atoms with Gasteiger partial charge in [0.15, 0.2) is 0 Å². The van der Waals surface area contributed by atoms with Crippen molar-refractivity contribution in [3.63, 3.8) is 0 Å². The summed E-state index contributed by atoms with van der Waals surface area (Å²) in [4.78, 5) is 10.4. The van der Waals surface area contributed by atoms with Crippen molar-refractivity contribution in [2.45, 2.75) is 20.8 Å². The van der Waals surface area contributed by atoms with Crippen molar-refractivity contribution in [2.75, 3.05) is 19.8 Å². The van der Waals surface area contributed by atoms with E-state index in [9.17, 15) is 4.79 Å². The number of rotatable bonds is 8. The van der Waals surface area contributed by atoms with Gasteiger partial charge in [0.05, 0.1) is 0 Å². The Morgan fingerprint density at radius 1 is 1.13 bits per heavy atom. The third kappa shape index (κ3) is 5.68. The van der Waals surface area contributed by atoms with Crippen LogP contribution in [0.3, 0.4) is 0 Å². The number of hydrogen-bond acceptors (Lipinski definition) is 4. The van der Waals surface area contributed by atoms with E-state index in [-0.39, 0.29) is 0 Å². The van der Waals surface area contributed by atoms with Gasteiger partial charge in [-0.25, -0.2) is 4.79 Å². The first-order valence-electron chi connectivity index (χ1n) is 4.94. The van der Waals surface area contributed by atoms with E-state index in [4.69, 9.17) is 18.4 Å². The molecular formula is C9H18O5Si. The summed E-state index contributed by atoms with van der Waals surface area (Å²) in [5, 5.41) is 8.55. The summed E-state index contributed by atoms with van der Waals surface area (Å²) in [5.74, 6) is -1.04. The Bertz CT molecular complexity index is 200. The Morgan fingerprint density at radius 3 is 1.80 bits per heavy atom. The van der Waals surface area contributed by atoms with E-state index < -0.39 is 14.8 Å². The lowest BCUT2D eigenvalue weighted by Crippen LogP contribution is -2.44. The molecule has 0 aromatic heterocycles. The summed E-state index contributed by atoms with van der Waals surface area (Å²) in [6.07, 6.45) is 1.01. The maximum absolute atomic E-state index is 10.4. The fraction of sp³-hybridized carbons (Fsp3) is 0.667. The molecule has 0 saturated heterocycles. The maximum atomic E-state index is 10.4. The second-order valence-electron chi connectivity index (χ2n) is 2.57. The van der Waals surface area contributed by atoms with E-state index in [1.54, 1.807) is 0 Å². The fourth-order valence-electron chi connectivity index (χ4n) is 1.05. The van der Waals surface area contributed by atoms with Crippen LogP contribution in [0.2, 0.25) is 0 Å². The Balaban J connectivity index is 4.66. The van der Waals surface area contributed by atoms with Crippen molar-refractivity contribution in [1.82, 2.24) is 0 Å². The van der Waals surface area contributed by atoms with Gasteiger partial charge in [-0.15, -0.1) is 0 Å². The molecule has 0 radical (unpaired) electrons. The van der Waals surface area contributed by atoms with Crippen molar-refractivity contribution in [1.29, 1.82) is 0 Å². The Labute approximate surface area is 91.0 Å². The predicted molar refractivity (Wildman–Crippen MR) is 57.4 cm³/mol. The van der Waals surface area contributed by atoms with Gasteiger partial charge in [0.2, 0.25) is 0 Å². The van der Waals surface area contributed by atoms with E-state index in [1.807, 2.05) is 20.8 Å². The molecule has 0 aliphatic heterocycles. The van der Waals surface area contributed by atoms with Crippen molar-refractivity contribution < 1.29 is 23.2 Å². The highest BCUT2D eigenvalue weighted by atomic mass is 28.4. The molecule has 0 aliphatic carbocycles. The highest BCUT2D eigenvalue weighted by Crippen LogP contribution is 2.11. The first kappa shape index (κ1) is 14.3. The first-order valence-corrected chi connectivity index (χ1v) is 6.74. The molecule has 1 N–H and O–H groups in total. The summed E-state index contributed by atoms with van der Waals surface area (Å²) in [5.41, 5.74) is 1.39. The lowest BCUT2D eigenvalue weighted by atomic mass is 10.7. The van der Waals surface area contributed by atoms with Crippen molar-refractivity contribution >= 4 is 14.8 Å². The number of carboxylic acids is 1. The van der Waals surface area contributed by atoms with Crippen molar-refractivity contribution in [3.05, 3.63) is 11.8 Å². The van der Waals surface area contributed by atoms with Crippen molar-refractivity contribution in [2.24, 2.45) is 0 Å². The fourth-order valence-corrected chi connectivity index (χ4v) is 3.14. The van der Waals surface area contributed by atoms with E-state index in [2.05, 4.69) is 0 Å². The molecule has 5 nitrogen and oxygen atoms in total. The zero-order valence-corrected chi connectivity index (χ0v) is 10.4. The maximum Gasteiger partial charge on any atom is 0.529 e. The average molecular weight is 234 g/mol. The van der Waals surface area contributed by atoms with Gasteiger partial charge in [0, 0.05) is 25.9 Å². The second-order valence-corrected chi connectivity index (χ2v) is 4.98. The van der Waals surface area contributed by atoms with E-state index in [0.29, 0.717) is 19.8 Å². The molecule has 0 aliphatic rings. The monoisotopic (exact) mass is 234 g/mol. The molecule has 0 aromatic rings. The molecule has 0 fully saturated rings. The molecule has 0 amide bonds. The third-order valence-electron chi connectivity index (χ3n) is 1.47. The highest BCUT2D eigenvalue weighted by Gasteiger charge is 2.37. The number of carboxylic acid groups (broad SMARTS) is 1. The topological polar surface area (TPSA) is 65.0 Å². The average Bonchev–Trinajstić information content (AvgIpc) is 2.16. The lowest BCUT2D eigenvalue weighted by Gasteiger charge is -2.24. The van der Waals surface area contributed by atoms with Gasteiger partial charge in [-0.2, -0.15) is 0 Å².